The number of anilines is 1. The van der Waals surface area contributed by atoms with Crippen LogP contribution in [0.25, 0.3) is 0 Å². The first-order valence-electron chi connectivity index (χ1n) is 6.31. The quantitative estimate of drug-likeness (QED) is 0.817. The Kier molecular flexibility index (Phi) is 2.65. The second kappa shape index (κ2) is 4.19. The van der Waals surface area contributed by atoms with E-state index in [4.69, 9.17) is 0 Å². The number of rotatable bonds is 2. The molecular formula is C14H14FNO2. The minimum absolute atomic E-state index is 0.00395. The minimum atomic E-state index is -0.521. The molecule has 0 saturated heterocycles. The van der Waals surface area contributed by atoms with Crippen LogP contribution in [0, 0.1) is 11.7 Å². The van der Waals surface area contributed by atoms with E-state index in [0.29, 0.717) is 18.5 Å². The maximum Gasteiger partial charge on any atom is 0.224 e. The Morgan fingerprint density at radius 3 is 2.72 bits per heavy atom. The van der Waals surface area contributed by atoms with Crippen molar-refractivity contribution in [3.8, 4) is 0 Å². The summed E-state index contributed by atoms with van der Waals surface area (Å²) < 4.78 is 13.9. The van der Waals surface area contributed by atoms with Crippen molar-refractivity contribution in [3.05, 3.63) is 29.1 Å². The fourth-order valence-corrected chi connectivity index (χ4v) is 2.48. The predicted octanol–water partition coefficient (Wildman–Crippen LogP) is 2.69. The van der Waals surface area contributed by atoms with Crippen molar-refractivity contribution in [2.45, 2.75) is 32.1 Å². The zero-order valence-electron chi connectivity index (χ0n) is 9.96. The Morgan fingerprint density at radius 1 is 1.28 bits per heavy atom. The lowest BCUT2D eigenvalue weighted by atomic mass is 9.79. The van der Waals surface area contributed by atoms with Crippen LogP contribution in [0.1, 0.15) is 41.6 Å². The third-order valence-electron chi connectivity index (χ3n) is 3.83. The summed E-state index contributed by atoms with van der Waals surface area (Å²) in [6, 6.07) is 2.89. The average molecular weight is 247 g/mol. The molecule has 1 amide bonds. The van der Waals surface area contributed by atoms with Gasteiger partial charge in [-0.05, 0) is 37.0 Å². The van der Waals surface area contributed by atoms with Crippen LogP contribution in [0.5, 0.6) is 0 Å². The summed E-state index contributed by atoms with van der Waals surface area (Å²) >= 11 is 0. The van der Waals surface area contributed by atoms with Gasteiger partial charge in [0.15, 0.2) is 5.78 Å². The molecule has 0 unspecified atom stereocenters. The number of Topliss-reactive ketones (excluding diaryl/α,β-unsaturated/α-hetero) is 1. The fourth-order valence-electron chi connectivity index (χ4n) is 2.48. The van der Waals surface area contributed by atoms with E-state index in [-0.39, 0.29) is 23.2 Å². The molecule has 0 radical (unpaired) electrons. The molecule has 1 N–H and O–H groups in total. The van der Waals surface area contributed by atoms with Crippen LogP contribution in [0.2, 0.25) is 0 Å². The van der Waals surface area contributed by atoms with Crippen LogP contribution in [-0.4, -0.2) is 11.7 Å². The van der Waals surface area contributed by atoms with Crippen LogP contribution in [0.4, 0.5) is 10.1 Å². The summed E-state index contributed by atoms with van der Waals surface area (Å²) in [6.07, 6.45) is 3.76. The van der Waals surface area contributed by atoms with Gasteiger partial charge in [0.05, 0.1) is 5.56 Å². The van der Waals surface area contributed by atoms with Crippen LogP contribution in [0.15, 0.2) is 12.1 Å². The molecule has 1 saturated carbocycles. The van der Waals surface area contributed by atoms with E-state index in [0.717, 1.165) is 24.8 Å². The van der Waals surface area contributed by atoms with Gasteiger partial charge in [0.25, 0.3) is 0 Å². The summed E-state index contributed by atoms with van der Waals surface area (Å²) in [5.41, 5.74) is 1.56. The fraction of sp³-hybridized carbons (Fsp3) is 0.429. The molecule has 0 bridgehead atoms. The minimum Gasteiger partial charge on any atom is -0.326 e. The highest BCUT2D eigenvalue weighted by molar-refractivity contribution is 6.00. The first kappa shape index (κ1) is 11.4. The second-order valence-electron chi connectivity index (χ2n) is 5.03. The van der Waals surface area contributed by atoms with Crippen molar-refractivity contribution in [3.63, 3.8) is 0 Å². The van der Waals surface area contributed by atoms with Gasteiger partial charge in [-0.3, -0.25) is 9.59 Å². The Labute approximate surface area is 104 Å². The number of halogens is 1. The van der Waals surface area contributed by atoms with E-state index in [1.165, 1.54) is 6.07 Å². The lowest BCUT2D eigenvalue weighted by molar-refractivity contribution is -0.116. The monoisotopic (exact) mass is 247 g/mol. The van der Waals surface area contributed by atoms with Gasteiger partial charge in [-0.25, -0.2) is 4.39 Å². The molecule has 2 aliphatic rings. The maximum absolute atomic E-state index is 13.9. The molecule has 3 nitrogen and oxygen atoms in total. The predicted molar refractivity (Wildman–Crippen MR) is 65.0 cm³/mol. The number of nitrogens with one attached hydrogen (secondary N) is 1. The van der Waals surface area contributed by atoms with Crippen LogP contribution >= 0.6 is 0 Å². The van der Waals surface area contributed by atoms with Crippen molar-refractivity contribution in [1.29, 1.82) is 0 Å². The maximum atomic E-state index is 13.9. The second-order valence-corrected chi connectivity index (χ2v) is 5.03. The summed E-state index contributed by atoms with van der Waals surface area (Å²) in [7, 11) is 0. The number of fused-ring (bicyclic) bond motifs is 1. The topological polar surface area (TPSA) is 46.2 Å². The third-order valence-corrected chi connectivity index (χ3v) is 3.83. The number of hydrogen-bond donors (Lipinski definition) is 1. The number of hydrogen-bond acceptors (Lipinski definition) is 2. The van der Waals surface area contributed by atoms with Crippen molar-refractivity contribution in [2.75, 3.05) is 5.32 Å². The molecule has 0 atom stereocenters. The SMILES string of the molecule is O=C1CCc2cc(C(=O)C3CCC3)c(F)cc2N1. The Balaban J connectivity index is 1.96. The largest absolute Gasteiger partial charge is 0.326 e. The number of amides is 1. The highest BCUT2D eigenvalue weighted by Crippen LogP contribution is 2.33. The average Bonchev–Trinajstić information content (AvgIpc) is 2.25. The van der Waals surface area contributed by atoms with E-state index in [9.17, 15) is 14.0 Å². The number of carbonyl (C=O) groups is 2. The Hall–Kier alpha value is -1.71. The number of aryl methyl sites for hydroxylation is 1. The van der Waals surface area contributed by atoms with Gasteiger partial charge in [-0.15, -0.1) is 0 Å². The number of ketones is 1. The molecule has 94 valence electrons. The van der Waals surface area contributed by atoms with Crippen molar-refractivity contribution in [1.82, 2.24) is 0 Å². The zero-order valence-corrected chi connectivity index (χ0v) is 9.96. The van der Waals surface area contributed by atoms with Gasteiger partial charge >= 0.3 is 0 Å². The lowest BCUT2D eigenvalue weighted by Gasteiger charge is -2.25. The highest BCUT2D eigenvalue weighted by Gasteiger charge is 2.29. The van der Waals surface area contributed by atoms with E-state index < -0.39 is 5.82 Å². The van der Waals surface area contributed by atoms with Gasteiger partial charge in [-0.2, -0.15) is 0 Å². The summed E-state index contributed by atoms with van der Waals surface area (Å²) in [6.45, 7) is 0. The molecular weight excluding hydrogens is 233 g/mol. The molecule has 1 aliphatic carbocycles. The summed E-state index contributed by atoms with van der Waals surface area (Å²) in [5, 5.41) is 2.63. The van der Waals surface area contributed by atoms with Crippen LogP contribution in [-0.2, 0) is 11.2 Å². The smallest absolute Gasteiger partial charge is 0.224 e. The normalized spacial score (nSPS) is 18.8. The molecule has 0 aromatic heterocycles. The molecule has 18 heavy (non-hydrogen) atoms. The summed E-state index contributed by atoms with van der Waals surface area (Å²) in [5.74, 6) is -0.706. The standard InChI is InChI=1S/C14H14FNO2/c15-11-7-12-9(4-5-13(17)16-12)6-10(11)14(18)8-2-1-3-8/h6-8H,1-5H2,(H,16,17). The van der Waals surface area contributed by atoms with E-state index in [1.807, 2.05) is 0 Å². The highest BCUT2D eigenvalue weighted by atomic mass is 19.1. The van der Waals surface area contributed by atoms with Gasteiger partial charge in [0, 0.05) is 18.0 Å². The Morgan fingerprint density at radius 2 is 2.06 bits per heavy atom. The molecule has 4 heteroatoms. The van der Waals surface area contributed by atoms with Crippen LogP contribution < -0.4 is 5.32 Å². The van der Waals surface area contributed by atoms with Gasteiger partial charge < -0.3 is 5.32 Å². The van der Waals surface area contributed by atoms with Crippen molar-refractivity contribution < 1.29 is 14.0 Å². The van der Waals surface area contributed by atoms with Gasteiger partial charge in [-0.1, -0.05) is 6.42 Å². The number of benzene rings is 1. The molecule has 1 aromatic rings. The summed E-state index contributed by atoms with van der Waals surface area (Å²) in [4.78, 5) is 23.3. The van der Waals surface area contributed by atoms with Crippen LogP contribution in [0.3, 0.4) is 0 Å². The van der Waals surface area contributed by atoms with Gasteiger partial charge in [0.1, 0.15) is 5.82 Å². The van der Waals surface area contributed by atoms with Crippen molar-refractivity contribution in [2.24, 2.45) is 5.92 Å². The molecule has 1 aromatic carbocycles. The third kappa shape index (κ3) is 1.82. The van der Waals surface area contributed by atoms with E-state index in [2.05, 4.69) is 5.32 Å². The van der Waals surface area contributed by atoms with E-state index >= 15 is 0 Å². The first-order chi connectivity index (χ1) is 8.65. The van der Waals surface area contributed by atoms with Crippen molar-refractivity contribution >= 4 is 17.4 Å². The first-order valence-corrected chi connectivity index (χ1v) is 6.31. The molecule has 1 aliphatic heterocycles. The molecule has 0 spiro atoms. The zero-order chi connectivity index (χ0) is 12.7. The molecule has 1 fully saturated rings. The molecule has 3 rings (SSSR count). The van der Waals surface area contributed by atoms with Gasteiger partial charge in [0.2, 0.25) is 5.91 Å². The molecule has 1 heterocycles. The Bertz CT molecular complexity index is 535. The van der Waals surface area contributed by atoms with E-state index in [1.54, 1.807) is 6.07 Å². The lowest BCUT2D eigenvalue weighted by Crippen LogP contribution is -2.24. The number of carbonyl (C=O) groups excluding carboxylic acids is 2.